The number of rotatable bonds is 5. The number of methoxy groups -OCH3 is 1. The molecule has 2 saturated heterocycles. The standard InChI is InChI=1S/C21H25N3O3.2CH2O2/c1-26-18-6-2-4-15(10-18)13-24-14-16(11-20-19(24)7-9-27-20)21(25)23-17-5-3-8-22-12-17;2*2-1-3/h2-6,8,10,12,16,19-20H,7,9,11,13-14H2,1H3,(H,23,25);2*1H,(H,2,3)/t16-,19+,20+;;/m0../s1. The molecule has 0 saturated carbocycles. The van der Waals surface area contributed by atoms with E-state index in [1.165, 1.54) is 5.56 Å². The molecule has 0 bridgehead atoms. The van der Waals surface area contributed by atoms with Crippen molar-refractivity contribution in [2.45, 2.75) is 31.5 Å². The van der Waals surface area contributed by atoms with Gasteiger partial charge >= 0.3 is 0 Å². The maximum Gasteiger partial charge on any atom is 0.290 e. The summed E-state index contributed by atoms with van der Waals surface area (Å²) in [7, 11) is 1.68. The summed E-state index contributed by atoms with van der Waals surface area (Å²) in [4.78, 5) is 36.0. The zero-order valence-corrected chi connectivity index (χ0v) is 18.4. The number of hydrogen-bond donors (Lipinski definition) is 3. The van der Waals surface area contributed by atoms with Gasteiger partial charge in [-0.1, -0.05) is 12.1 Å². The number of nitrogens with one attached hydrogen (secondary N) is 1. The lowest BCUT2D eigenvalue weighted by Gasteiger charge is -2.40. The highest BCUT2D eigenvalue weighted by atomic mass is 16.5. The Morgan fingerprint density at radius 2 is 2.03 bits per heavy atom. The van der Waals surface area contributed by atoms with Gasteiger partial charge in [0, 0.05) is 31.9 Å². The Kier molecular flexibility index (Phi) is 10.8. The van der Waals surface area contributed by atoms with Crippen LogP contribution in [0.5, 0.6) is 5.75 Å². The van der Waals surface area contributed by atoms with Crippen molar-refractivity contribution in [1.29, 1.82) is 0 Å². The number of carbonyl (C=O) groups excluding carboxylic acids is 1. The molecule has 2 fully saturated rings. The first-order chi connectivity index (χ1) is 16.1. The molecular weight excluding hydrogens is 430 g/mol. The van der Waals surface area contributed by atoms with Crippen molar-refractivity contribution in [3.8, 4) is 5.75 Å². The minimum atomic E-state index is -0.250. The van der Waals surface area contributed by atoms with E-state index in [1.807, 2.05) is 24.3 Å². The van der Waals surface area contributed by atoms with Crippen molar-refractivity contribution in [3.05, 3.63) is 54.4 Å². The highest BCUT2D eigenvalue weighted by Crippen LogP contribution is 2.33. The highest BCUT2D eigenvalue weighted by molar-refractivity contribution is 5.92. The minimum Gasteiger partial charge on any atom is -0.497 e. The lowest BCUT2D eigenvalue weighted by atomic mass is 9.89. The van der Waals surface area contributed by atoms with E-state index in [2.05, 4.69) is 27.3 Å². The predicted octanol–water partition coefficient (Wildman–Crippen LogP) is 2.11. The van der Waals surface area contributed by atoms with Crippen molar-refractivity contribution < 1.29 is 34.1 Å². The molecule has 1 aromatic heterocycles. The summed E-state index contributed by atoms with van der Waals surface area (Å²) in [6, 6.07) is 12.2. The highest BCUT2D eigenvalue weighted by Gasteiger charge is 2.42. The normalized spacial score (nSPS) is 21.2. The minimum absolute atomic E-state index is 0.0348. The fourth-order valence-corrected chi connectivity index (χ4v) is 4.11. The summed E-state index contributed by atoms with van der Waals surface area (Å²) in [6.07, 6.45) is 5.28. The number of carbonyl (C=O) groups is 3. The van der Waals surface area contributed by atoms with Crippen molar-refractivity contribution in [2.75, 3.05) is 25.6 Å². The van der Waals surface area contributed by atoms with E-state index in [-0.39, 0.29) is 30.9 Å². The third-order valence-electron chi connectivity index (χ3n) is 5.44. The van der Waals surface area contributed by atoms with E-state index < -0.39 is 0 Å². The molecule has 1 amide bonds. The van der Waals surface area contributed by atoms with E-state index >= 15 is 0 Å². The van der Waals surface area contributed by atoms with E-state index in [1.54, 1.807) is 19.5 Å². The average Bonchev–Trinajstić information content (AvgIpc) is 3.30. The van der Waals surface area contributed by atoms with Crippen LogP contribution >= 0.6 is 0 Å². The van der Waals surface area contributed by atoms with Gasteiger partial charge in [-0.2, -0.15) is 0 Å². The third kappa shape index (κ3) is 7.85. The number of nitrogens with zero attached hydrogens (tertiary/aromatic N) is 2. The van der Waals surface area contributed by atoms with Gasteiger partial charge in [0.05, 0.1) is 31.0 Å². The average molecular weight is 459 g/mol. The number of likely N-dealkylation sites (tertiary alicyclic amines) is 1. The summed E-state index contributed by atoms with van der Waals surface area (Å²) in [6.45, 7) is 1.78. The number of hydrogen-bond acceptors (Lipinski definition) is 7. The van der Waals surface area contributed by atoms with Crippen LogP contribution in [0.25, 0.3) is 0 Å². The molecular formula is C23H29N3O7. The third-order valence-corrected chi connectivity index (χ3v) is 5.44. The second kappa shape index (κ2) is 13.8. The van der Waals surface area contributed by atoms with Crippen LogP contribution < -0.4 is 10.1 Å². The largest absolute Gasteiger partial charge is 0.497 e. The van der Waals surface area contributed by atoms with Crippen molar-refractivity contribution in [2.24, 2.45) is 5.92 Å². The zero-order valence-electron chi connectivity index (χ0n) is 18.4. The molecule has 3 atom stereocenters. The van der Waals surface area contributed by atoms with E-state index in [4.69, 9.17) is 29.3 Å². The Hall–Kier alpha value is -3.50. The maximum atomic E-state index is 12.8. The van der Waals surface area contributed by atoms with Gasteiger partial charge in [0.1, 0.15) is 5.75 Å². The lowest BCUT2D eigenvalue weighted by molar-refractivity contribution is -0.125. The van der Waals surface area contributed by atoms with Gasteiger partial charge in [0.15, 0.2) is 0 Å². The molecule has 10 heteroatoms. The maximum absolute atomic E-state index is 12.8. The van der Waals surface area contributed by atoms with Crippen LogP contribution in [0.15, 0.2) is 48.8 Å². The Balaban J connectivity index is 0.000000582. The van der Waals surface area contributed by atoms with E-state index in [0.29, 0.717) is 6.04 Å². The summed E-state index contributed by atoms with van der Waals surface area (Å²) < 4.78 is 11.3. The van der Waals surface area contributed by atoms with Crippen LogP contribution in [0.2, 0.25) is 0 Å². The van der Waals surface area contributed by atoms with Gasteiger partial charge in [-0.15, -0.1) is 0 Å². The summed E-state index contributed by atoms with van der Waals surface area (Å²) in [5.74, 6) is 0.789. The van der Waals surface area contributed by atoms with Gasteiger partial charge in [-0.3, -0.25) is 24.3 Å². The van der Waals surface area contributed by atoms with Crippen LogP contribution in [-0.4, -0.2) is 71.4 Å². The molecule has 2 aliphatic rings. The topological polar surface area (TPSA) is 138 Å². The molecule has 33 heavy (non-hydrogen) atoms. The molecule has 0 unspecified atom stereocenters. The molecule has 0 aliphatic carbocycles. The van der Waals surface area contributed by atoms with Gasteiger partial charge < -0.3 is 25.0 Å². The van der Waals surface area contributed by atoms with Crippen molar-refractivity contribution >= 4 is 24.5 Å². The van der Waals surface area contributed by atoms with E-state index in [9.17, 15) is 4.79 Å². The Labute approximate surface area is 192 Å². The Morgan fingerprint density at radius 3 is 2.70 bits per heavy atom. The summed E-state index contributed by atoms with van der Waals surface area (Å²) >= 11 is 0. The quantitative estimate of drug-likeness (QED) is 0.574. The second-order valence-electron chi connectivity index (χ2n) is 7.42. The van der Waals surface area contributed by atoms with Gasteiger partial charge in [0.2, 0.25) is 5.91 Å². The fourth-order valence-electron chi connectivity index (χ4n) is 4.11. The zero-order chi connectivity index (χ0) is 24.1. The summed E-state index contributed by atoms with van der Waals surface area (Å²) in [5, 5.41) is 16.8. The monoisotopic (exact) mass is 459 g/mol. The van der Waals surface area contributed by atoms with Gasteiger partial charge in [-0.25, -0.2) is 0 Å². The first-order valence-electron chi connectivity index (χ1n) is 10.4. The first-order valence-corrected chi connectivity index (χ1v) is 10.4. The van der Waals surface area contributed by atoms with Crippen LogP contribution in [0.1, 0.15) is 18.4 Å². The molecule has 4 rings (SSSR count). The predicted molar refractivity (Wildman–Crippen MR) is 120 cm³/mol. The molecule has 2 aliphatic heterocycles. The fraction of sp³-hybridized carbons (Fsp3) is 0.391. The number of fused-ring (bicyclic) bond motifs is 1. The second-order valence-corrected chi connectivity index (χ2v) is 7.42. The van der Waals surface area contributed by atoms with E-state index in [0.717, 1.165) is 44.0 Å². The summed E-state index contributed by atoms with van der Waals surface area (Å²) in [5.41, 5.74) is 1.92. The van der Waals surface area contributed by atoms with Gasteiger partial charge in [-0.05, 0) is 42.7 Å². The number of piperidine rings is 1. The van der Waals surface area contributed by atoms with Crippen molar-refractivity contribution in [1.82, 2.24) is 9.88 Å². The molecule has 10 nitrogen and oxygen atoms in total. The van der Waals surface area contributed by atoms with Crippen LogP contribution in [0, 0.1) is 5.92 Å². The number of ether oxygens (including phenoxy) is 2. The molecule has 1 aromatic carbocycles. The van der Waals surface area contributed by atoms with Crippen molar-refractivity contribution in [3.63, 3.8) is 0 Å². The molecule has 3 N–H and O–H groups in total. The Morgan fingerprint density at radius 1 is 1.27 bits per heavy atom. The Bertz CT molecular complexity index is 875. The van der Waals surface area contributed by atoms with Crippen LogP contribution in [-0.2, 0) is 25.7 Å². The number of aromatic nitrogens is 1. The molecule has 178 valence electrons. The van der Waals surface area contributed by atoms with Crippen LogP contribution in [0.4, 0.5) is 5.69 Å². The molecule has 0 spiro atoms. The smallest absolute Gasteiger partial charge is 0.290 e. The van der Waals surface area contributed by atoms with Crippen LogP contribution in [0.3, 0.4) is 0 Å². The lowest BCUT2D eigenvalue weighted by Crippen LogP contribution is -2.51. The molecule has 0 radical (unpaired) electrons. The number of amides is 1. The number of pyridine rings is 1. The number of anilines is 1. The molecule has 3 heterocycles. The number of carboxylic acid groups (broad SMARTS) is 2. The number of benzene rings is 1. The first kappa shape index (κ1) is 25.8. The molecule has 2 aromatic rings. The SMILES string of the molecule is COc1cccc(CN2C[C@@H](C(=O)Nc3cccnc3)C[C@H]3OCC[C@H]32)c1.O=CO.O=CO. The van der Waals surface area contributed by atoms with Gasteiger partial charge in [0.25, 0.3) is 12.9 Å².